The van der Waals surface area contributed by atoms with E-state index in [9.17, 15) is 13.2 Å². The Bertz CT molecular complexity index is 1260. The molecular weight excluding hydrogens is 460 g/mol. The number of hydrogen-bond acceptors (Lipinski definition) is 7. The highest BCUT2D eigenvalue weighted by molar-refractivity contribution is 7.89. The molecule has 0 saturated heterocycles. The SMILES string of the molecule is CN(Cc1nccs1)C(=O)c1cc(NCc2ccc3c(c2)CCO3)cc(S(=O)(=O)N(C)C)c1. The van der Waals surface area contributed by atoms with Crippen molar-refractivity contribution in [2.45, 2.75) is 24.4 Å². The first-order valence-electron chi connectivity index (χ1n) is 10.4. The molecule has 1 aliphatic rings. The molecule has 0 fully saturated rings. The van der Waals surface area contributed by atoms with Crippen LogP contribution in [0.5, 0.6) is 5.75 Å². The van der Waals surface area contributed by atoms with Gasteiger partial charge in [-0.3, -0.25) is 4.79 Å². The number of carbonyl (C=O) groups is 1. The molecule has 8 nitrogen and oxygen atoms in total. The number of benzene rings is 2. The number of rotatable bonds is 8. The molecule has 0 saturated carbocycles. The molecule has 0 aliphatic carbocycles. The van der Waals surface area contributed by atoms with Crippen molar-refractivity contribution >= 4 is 33.0 Å². The second kappa shape index (κ2) is 9.50. The largest absolute Gasteiger partial charge is 0.493 e. The molecule has 0 atom stereocenters. The van der Waals surface area contributed by atoms with Crippen LogP contribution in [0, 0.1) is 0 Å². The van der Waals surface area contributed by atoms with Crippen LogP contribution in [0.3, 0.4) is 0 Å². The van der Waals surface area contributed by atoms with E-state index in [0.717, 1.165) is 32.6 Å². The van der Waals surface area contributed by atoms with Gasteiger partial charge in [-0.1, -0.05) is 12.1 Å². The predicted molar refractivity (Wildman–Crippen MR) is 128 cm³/mol. The van der Waals surface area contributed by atoms with E-state index in [4.69, 9.17) is 4.74 Å². The average Bonchev–Trinajstić information content (AvgIpc) is 3.48. The van der Waals surface area contributed by atoms with Crippen LogP contribution < -0.4 is 10.1 Å². The maximum Gasteiger partial charge on any atom is 0.254 e. The van der Waals surface area contributed by atoms with E-state index in [1.54, 1.807) is 25.4 Å². The molecule has 3 aromatic rings. The van der Waals surface area contributed by atoms with Gasteiger partial charge in [0.1, 0.15) is 10.8 Å². The van der Waals surface area contributed by atoms with Gasteiger partial charge in [0.25, 0.3) is 5.91 Å². The number of nitrogens with one attached hydrogen (secondary N) is 1. The standard InChI is InChI=1S/C23H26N4O4S2/c1-26(2)33(29,30)20-12-18(23(28)27(3)15-22-24-7-9-32-22)11-19(13-20)25-14-16-4-5-21-17(10-16)6-8-31-21/h4-5,7,9-13,25H,6,8,14-15H2,1-3H3. The first-order chi connectivity index (χ1) is 15.7. The number of amides is 1. The van der Waals surface area contributed by atoms with Gasteiger partial charge in [0.15, 0.2) is 0 Å². The summed E-state index contributed by atoms with van der Waals surface area (Å²) in [6.07, 6.45) is 2.57. The zero-order chi connectivity index (χ0) is 23.6. The molecule has 2 aromatic carbocycles. The zero-order valence-electron chi connectivity index (χ0n) is 18.7. The molecule has 1 aromatic heterocycles. The molecule has 1 aliphatic heterocycles. The van der Waals surface area contributed by atoms with Crippen molar-refractivity contribution in [1.29, 1.82) is 0 Å². The minimum Gasteiger partial charge on any atom is -0.493 e. The second-order valence-corrected chi connectivity index (χ2v) is 11.1. The summed E-state index contributed by atoms with van der Waals surface area (Å²) in [5.41, 5.74) is 3.06. The molecule has 1 amide bonds. The summed E-state index contributed by atoms with van der Waals surface area (Å²) >= 11 is 1.46. The summed E-state index contributed by atoms with van der Waals surface area (Å²) in [6.45, 7) is 1.53. The molecule has 33 heavy (non-hydrogen) atoms. The van der Waals surface area contributed by atoms with E-state index in [1.807, 2.05) is 17.5 Å². The number of aromatic nitrogens is 1. The third kappa shape index (κ3) is 5.18. The Kier molecular flexibility index (Phi) is 6.68. The zero-order valence-corrected chi connectivity index (χ0v) is 20.4. The quantitative estimate of drug-likeness (QED) is 0.526. The summed E-state index contributed by atoms with van der Waals surface area (Å²) in [4.78, 5) is 18.9. The molecule has 10 heteroatoms. The van der Waals surface area contributed by atoms with Gasteiger partial charge in [0.2, 0.25) is 10.0 Å². The molecule has 0 bridgehead atoms. The summed E-state index contributed by atoms with van der Waals surface area (Å²) in [5.74, 6) is 0.632. The van der Waals surface area contributed by atoms with Crippen molar-refractivity contribution in [2.24, 2.45) is 0 Å². The number of hydrogen-bond donors (Lipinski definition) is 1. The van der Waals surface area contributed by atoms with E-state index in [2.05, 4.69) is 16.4 Å². The minimum absolute atomic E-state index is 0.0610. The van der Waals surface area contributed by atoms with Gasteiger partial charge in [-0.25, -0.2) is 17.7 Å². The van der Waals surface area contributed by atoms with Crippen molar-refractivity contribution in [3.63, 3.8) is 0 Å². The maximum atomic E-state index is 13.1. The van der Waals surface area contributed by atoms with Gasteiger partial charge in [0.05, 0.1) is 18.0 Å². The highest BCUT2D eigenvalue weighted by atomic mass is 32.2. The molecule has 174 valence electrons. The van der Waals surface area contributed by atoms with Crippen LogP contribution in [-0.2, 0) is 29.5 Å². The normalized spacial score (nSPS) is 13.0. The number of sulfonamides is 1. The summed E-state index contributed by atoms with van der Waals surface area (Å²) in [6, 6.07) is 10.7. The van der Waals surface area contributed by atoms with Crippen LogP contribution in [0.2, 0.25) is 0 Å². The van der Waals surface area contributed by atoms with Crippen molar-refractivity contribution in [3.05, 3.63) is 69.7 Å². The van der Waals surface area contributed by atoms with Crippen LogP contribution in [0.1, 0.15) is 26.5 Å². The Morgan fingerprint density at radius 2 is 2.00 bits per heavy atom. The molecule has 2 heterocycles. The van der Waals surface area contributed by atoms with E-state index in [1.165, 1.54) is 36.4 Å². The lowest BCUT2D eigenvalue weighted by molar-refractivity contribution is 0.0784. The Hall–Kier alpha value is -2.95. The maximum absolute atomic E-state index is 13.1. The lowest BCUT2D eigenvalue weighted by Gasteiger charge is -2.19. The highest BCUT2D eigenvalue weighted by Crippen LogP contribution is 2.27. The van der Waals surface area contributed by atoms with Gasteiger partial charge < -0.3 is 15.0 Å². The number of nitrogens with zero attached hydrogens (tertiary/aromatic N) is 3. The van der Waals surface area contributed by atoms with Crippen LogP contribution in [0.15, 0.2) is 52.9 Å². The Balaban J connectivity index is 1.60. The van der Waals surface area contributed by atoms with Crippen molar-refractivity contribution in [3.8, 4) is 5.75 Å². The molecule has 0 radical (unpaired) electrons. The number of ether oxygens (including phenoxy) is 1. The molecule has 0 unspecified atom stereocenters. The molecule has 1 N–H and O–H groups in total. The first kappa shape index (κ1) is 23.2. The smallest absolute Gasteiger partial charge is 0.254 e. The summed E-state index contributed by atoms with van der Waals surface area (Å²) in [5, 5.41) is 5.94. The van der Waals surface area contributed by atoms with Crippen molar-refractivity contribution < 1.29 is 17.9 Å². The topological polar surface area (TPSA) is 91.8 Å². The number of thiazole rings is 1. The molecular formula is C23H26N4O4S2. The number of carbonyl (C=O) groups excluding carboxylic acids is 1. The fourth-order valence-electron chi connectivity index (χ4n) is 3.56. The van der Waals surface area contributed by atoms with Gasteiger partial charge in [-0.05, 0) is 35.4 Å². The van der Waals surface area contributed by atoms with Gasteiger partial charge >= 0.3 is 0 Å². The third-order valence-corrected chi connectivity index (χ3v) is 7.94. The second-order valence-electron chi connectivity index (χ2n) is 8.01. The predicted octanol–water partition coefficient (Wildman–Crippen LogP) is 3.21. The average molecular weight is 487 g/mol. The highest BCUT2D eigenvalue weighted by Gasteiger charge is 2.22. The molecule has 4 rings (SSSR count). The Labute approximate surface area is 197 Å². The lowest BCUT2D eigenvalue weighted by atomic mass is 10.1. The number of fused-ring (bicyclic) bond motifs is 1. The third-order valence-electron chi connectivity index (χ3n) is 5.39. The van der Waals surface area contributed by atoms with Crippen molar-refractivity contribution in [1.82, 2.24) is 14.2 Å². The van der Waals surface area contributed by atoms with Crippen LogP contribution in [0.4, 0.5) is 5.69 Å². The van der Waals surface area contributed by atoms with Crippen LogP contribution >= 0.6 is 11.3 Å². The van der Waals surface area contributed by atoms with Gasteiger partial charge in [0, 0.05) is 56.9 Å². The monoisotopic (exact) mass is 486 g/mol. The molecule has 0 spiro atoms. The van der Waals surface area contributed by atoms with Crippen LogP contribution in [0.25, 0.3) is 0 Å². The summed E-state index contributed by atoms with van der Waals surface area (Å²) in [7, 11) is 0.892. The van der Waals surface area contributed by atoms with Gasteiger partial charge in [-0.2, -0.15) is 0 Å². The van der Waals surface area contributed by atoms with E-state index < -0.39 is 10.0 Å². The summed E-state index contributed by atoms with van der Waals surface area (Å²) < 4.78 is 32.4. The van der Waals surface area contributed by atoms with E-state index in [0.29, 0.717) is 30.9 Å². The fraction of sp³-hybridized carbons (Fsp3) is 0.304. The number of anilines is 1. The van der Waals surface area contributed by atoms with Gasteiger partial charge in [-0.15, -0.1) is 11.3 Å². The van der Waals surface area contributed by atoms with E-state index >= 15 is 0 Å². The van der Waals surface area contributed by atoms with Crippen LogP contribution in [-0.4, -0.2) is 56.3 Å². The minimum atomic E-state index is -3.73. The fourth-order valence-corrected chi connectivity index (χ4v) is 5.21. The van der Waals surface area contributed by atoms with E-state index in [-0.39, 0.29) is 10.8 Å². The Morgan fingerprint density at radius 3 is 2.73 bits per heavy atom. The Morgan fingerprint density at radius 1 is 1.18 bits per heavy atom. The van der Waals surface area contributed by atoms with Crippen molar-refractivity contribution in [2.75, 3.05) is 33.1 Å². The lowest BCUT2D eigenvalue weighted by Crippen LogP contribution is -2.27. The first-order valence-corrected chi connectivity index (χ1v) is 12.8.